The molecule has 0 bridgehead atoms. The van der Waals surface area contributed by atoms with Gasteiger partial charge in [0.2, 0.25) is 0 Å². The number of nitrogens with zero attached hydrogens (tertiary/aromatic N) is 2. The second-order valence-corrected chi connectivity index (χ2v) is 9.60. The van der Waals surface area contributed by atoms with E-state index in [1.807, 2.05) is 6.92 Å². The molecule has 2 aliphatic rings. The van der Waals surface area contributed by atoms with Crippen LogP contribution >= 0.6 is 11.3 Å². The van der Waals surface area contributed by atoms with Gasteiger partial charge in [0.1, 0.15) is 11.7 Å². The molecule has 2 aromatic rings. The summed E-state index contributed by atoms with van der Waals surface area (Å²) in [5.41, 5.74) is -1.62. The van der Waals surface area contributed by atoms with Crippen LogP contribution in [0.5, 0.6) is 0 Å². The van der Waals surface area contributed by atoms with Crippen molar-refractivity contribution in [2.75, 3.05) is 25.0 Å². The molecule has 1 aliphatic carbocycles. The number of pyridine rings is 1. The lowest BCUT2D eigenvalue weighted by atomic mass is 10.0. The Morgan fingerprint density at radius 2 is 1.94 bits per heavy atom. The van der Waals surface area contributed by atoms with Crippen LogP contribution in [0.1, 0.15) is 54.9 Å². The van der Waals surface area contributed by atoms with E-state index in [0.29, 0.717) is 36.5 Å². The monoisotopic (exact) mass is 487 g/mol. The number of piperidine rings is 1. The van der Waals surface area contributed by atoms with Gasteiger partial charge in [-0.25, -0.2) is 9.37 Å². The van der Waals surface area contributed by atoms with Crippen molar-refractivity contribution < 1.29 is 31.9 Å². The van der Waals surface area contributed by atoms with Crippen LogP contribution in [0.4, 0.5) is 23.4 Å². The average molecular weight is 488 g/mol. The molecule has 0 unspecified atom stereocenters. The van der Waals surface area contributed by atoms with Crippen molar-refractivity contribution in [3.05, 3.63) is 22.3 Å². The highest BCUT2D eigenvalue weighted by Gasteiger charge is 2.41. The summed E-state index contributed by atoms with van der Waals surface area (Å²) in [6.07, 6.45) is -1.96. The maximum atomic E-state index is 15.1. The topological polar surface area (TPSA) is 71.5 Å². The van der Waals surface area contributed by atoms with E-state index in [1.165, 1.54) is 17.3 Å². The first-order chi connectivity index (χ1) is 15.6. The van der Waals surface area contributed by atoms with Crippen LogP contribution < -0.4 is 10.2 Å². The number of alkyl halides is 3. The van der Waals surface area contributed by atoms with Crippen LogP contribution in [0.15, 0.2) is 5.38 Å². The lowest BCUT2D eigenvalue weighted by molar-refractivity contribution is -0.151. The Hall–Kier alpha value is -2.43. The average Bonchev–Trinajstić information content (AvgIpc) is 3.53. The van der Waals surface area contributed by atoms with E-state index in [0.717, 1.165) is 12.8 Å². The number of hydrogen-bond donors (Lipinski definition) is 1. The van der Waals surface area contributed by atoms with Gasteiger partial charge in [0.25, 0.3) is 5.91 Å². The second-order valence-electron chi connectivity index (χ2n) is 8.72. The van der Waals surface area contributed by atoms with E-state index >= 15 is 4.39 Å². The highest BCUT2D eigenvalue weighted by molar-refractivity contribution is 7.17. The minimum atomic E-state index is -4.95. The number of nitrogens with one attached hydrogen (secondary N) is 1. The summed E-state index contributed by atoms with van der Waals surface area (Å²) in [5, 5.41) is 3.62. The van der Waals surface area contributed by atoms with E-state index in [-0.39, 0.29) is 42.2 Å². The third kappa shape index (κ3) is 4.92. The Labute approximate surface area is 192 Å². The Balaban J connectivity index is 1.54. The standard InChI is InChI=1S/C22H25F4N3O3S/c1-11(12-3-4-12)9-15(30)32-13-5-7-29(8-6-13)20-17(23)16(22(24,25)26)19-18(28-20)14(10-33-19)21(31)27-2/h10-13H,3-9H2,1-2H3,(H,27,31)/t11-/m1/s1. The van der Waals surface area contributed by atoms with Gasteiger partial charge in [-0.1, -0.05) is 6.92 Å². The number of rotatable bonds is 6. The van der Waals surface area contributed by atoms with Gasteiger partial charge in [-0.3, -0.25) is 9.59 Å². The third-order valence-electron chi connectivity index (χ3n) is 6.34. The van der Waals surface area contributed by atoms with Crippen molar-refractivity contribution in [3.8, 4) is 0 Å². The van der Waals surface area contributed by atoms with Crippen LogP contribution in [0.25, 0.3) is 10.2 Å². The molecule has 1 atom stereocenters. The lowest BCUT2D eigenvalue weighted by Gasteiger charge is -2.33. The predicted octanol–water partition coefficient (Wildman–Crippen LogP) is 4.76. The van der Waals surface area contributed by atoms with Crippen LogP contribution in [-0.2, 0) is 15.7 Å². The molecule has 3 heterocycles. The fraction of sp³-hybridized carbons (Fsp3) is 0.591. The number of halogens is 4. The summed E-state index contributed by atoms with van der Waals surface area (Å²) in [5.74, 6) is -1.89. The fourth-order valence-corrected chi connectivity index (χ4v) is 5.32. The van der Waals surface area contributed by atoms with Crippen molar-refractivity contribution >= 4 is 39.2 Å². The Kier molecular flexibility index (Phi) is 6.52. The van der Waals surface area contributed by atoms with Crippen molar-refractivity contribution in [1.29, 1.82) is 0 Å². The van der Waals surface area contributed by atoms with Gasteiger partial charge in [0.05, 0.1) is 15.8 Å². The molecular formula is C22H25F4N3O3S. The molecule has 0 radical (unpaired) electrons. The van der Waals surface area contributed by atoms with Gasteiger partial charge in [-0.2, -0.15) is 13.2 Å². The SMILES string of the molecule is CNC(=O)c1csc2c(C(F)(F)F)c(F)c(N3CCC(OC(=O)C[C@@H](C)C4CC4)CC3)nc12. The third-order valence-corrected chi connectivity index (χ3v) is 7.32. The van der Waals surface area contributed by atoms with E-state index < -0.39 is 34.0 Å². The molecule has 180 valence electrons. The smallest absolute Gasteiger partial charge is 0.420 e. The summed E-state index contributed by atoms with van der Waals surface area (Å²) in [4.78, 5) is 29.9. The van der Waals surface area contributed by atoms with Crippen molar-refractivity contribution in [3.63, 3.8) is 0 Å². The zero-order chi connectivity index (χ0) is 23.9. The normalized spacial score (nSPS) is 18.4. The van der Waals surface area contributed by atoms with E-state index in [9.17, 15) is 22.8 Å². The number of carbonyl (C=O) groups excluding carboxylic acids is 2. The second kappa shape index (κ2) is 9.08. The molecular weight excluding hydrogens is 462 g/mol. The molecule has 6 nitrogen and oxygen atoms in total. The van der Waals surface area contributed by atoms with Gasteiger partial charge in [-0.05, 0) is 24.7 Å². The predicted molar refractivity (Wildman–Crippen MR) is 116 cm³/mol. The first-order valence-corrected chi connectivity index (χ1v) is 11.8. The van der Waals surface area contributed by atoms with Crippen molar-refractivity contribution in [2.45, 2.75) is 51.3 Å². The lowest BCUT2D eigenvalue weighted by Crippen LogP contribution is -2.39. The summed E-state index contributed by atoms with van der Waals surface area (Å²) in [6.45, 7) is 2.40. The molecule has 0 aromatic carbocycles. The first-order valence-electron chi connectivity index (χ1n) is 10.9. The summed E-state index contributed by atoms with van der Waals surface area (Å²) in [7, 11) is 1.36. The van der Waals surface area contributed by atoms with Crippen LogP contribution in [0, 0.1) is 17.7 Å². The molecule has 4 rings (SSSR count). The molecule has 1 saturated heterocycles. The maximum Gasteiger partial charge on any atom is 0.420 e. The van der Waals surface area contributed by atoms with Gasteiger partial charge < -0.3 is 15.0 Å². The van der Waals surface area contributed by atoms with E-state index in [2.05, 4.69) is 10.3 Å². The number of fused-ring (bicyclic) bond motifs is 1. The maximum absolute atomic E-state index is 15.1. The van der Waals surface area contributed by atoms with Crippen LogP contribution in [0.2, 0.25) is 0 Å². The number of carbonyl (C=O) groups is 2. The number of anilines is 1. The first kappa shape index (κ1) is 23.7. The van der Waals surface area contributed by atoms with Gasteiger partial charge in [0, 0.05) is 44.8 Å². The highest BCUT2D eigenvalue weighted by atomic mass is 32.1. The largest absolute Gasteiger partial charge is 0.462 e. The molecule has 1 saturated carbocycles. The molecule has 11 heteroatoms. The van der Waals surface area contributed by atoms with Gasteiger partial charge in [-0.15, -0.1) is 11.3 Å². The molecule has 0 spiro atoms. The highest BCUT2D eigenvalue weighted by Crippen LogP contribution is 2.43. The van der Waals surface area contributed by atoms with Gasteiger partial charge in [0.15, 0.2) is 11.6 Å². The van der Waals surface area contributed by atoms with E-state index in [4.69, 9.17) is 4.74 Å². The van der Waals surface area contributed by atoms with Crippen LogP contribution in [0.3, 0.4) is 0 Å². The summed E-state index contributed by atoms with van der Waals surface area (Å²) >= 11 is 0.640. The number of thiophene rings is 1. The zero-order valence-corrected chi connectivity index (χ0v) is 19.1. The zero-order valence-electron chi connectivity index (χ0n) is 18.3. The quantitative estimate of drug-likeness (QED) is 0.470. The van der Waals surface area contributed by atoms with Crippen molar-refractivity contribution in [2.24, 2.45) is 11.8 Å². The number of ether oxygens (including phenoxy) is 1. The van der Waals surface area contributed by atoms with Gasteiger partial charge >= 0.3 is 12.1 Å². The minimum Gasteiger partial charge on any atom is -0.462 e. The molecule has 1 aliphatic heterocycles. The van der Waals surface area contributed by atoms with Crippen molar-refractivity contribution in [1.82, 2.24) is 10.3 Å². The molecule has 1 N–H and O–H groups in total. The fourth-order valence-electron chi connectivity index (χ4n) is 4.28. The molecule has 1 amide bonds. The number of esters is 1. The molecule has 2 aromatic heterocycles. The number of aromatic nitrogens is 1. The summed E-state index contributed by atoms with van der Waals surface area (Å²) < 4.78 is 61.5. The van der Waals surface area contributed by atoms with Crippen LogP contribution in [-0.4, -0.2) is 43.1 Å². The Bertz CT molecular complexity index is 1060. The van der Waals surface area contributed by atoms with E-state index in [1.54, 1.807) is 0 Å². The number of hydrogen-bond acceptors (Lipinski definition) is 6. The molecule has 2 fully saturated rings. The molecule has 33 heavy (non-hydrogen) atoms. The number of amides is 1. The Morgan fingerprint density at radius 1 is 1.27 bits per heavy atom. The minimum absolute atomic E-state index is 0.0298. The Morgan fingerprint density at radius 3 is 2.52 bits per heavy atom. The summed E-state index contributed by atoms with van der Waals surface area (Å²) in [6, 6.07) is 0.